The number of aliphatic imine (C=N–C) groups is 1. The van der Waals surface area contributed by atoms with Gasteiger partial charge < -0.3 is 5.73 Å². The third kappa shape index (κ3) is 2.88. The molecule has 1 aromatic heterocycles. The molecule has 0 saturated heterocycles. The Balaban J connectivity index is 1.96. The summed E-state index contributed by atoms with van der Waals surface area (Å²) >= 11 is 1.73. The third-order valence-corrected chi connectivity index (χ3v) is 5.02. The van der Waals surface area contributed by atoms with Gasteiger partial charge in [0.1, 0.15) is 12.4 Å². The van der Waals surface area contributed by atoms with Crippen LogP contribution < -0.4 is 5.73 Å². The summed E-state index contributed by atoms with van der Waals surface area (Å²) in [5, 5.41) is 8.68. The molecule has 0 unspecified atom stereocenters. The van der Waals surface area contributed by atoms with Crippen molar-refractivity contribution in [3.63, 3.8) is 0 Å². The second kappa shape index (κ2) is 6.82. The van der Waals surface area contributed by atoms with Crippen LogP contribution in [0, 0.1) is 0 Å². The molecule has 6 heteroatoms. The van der Waals surface area contributed by atoms with Gasteiger partial charge in [-0.25, -0.2) is 0 Å². The largest absolute Gasteiger partial charge is 0.330 e. The van der Waals surface area contributed by atoms with Crippen LogP contribution in [-0.2, 0) is 13.0 Å². The first-order chi connectivity index (χ1) is 12.3. The summed E-state index contributed by atoms with van der Waals surface area (Å²) in [7, 11) is 0. The molecule has 0 aliphatic carbocycles. The number of thioether (sulfide) groups is 1. The van der Waals surface area contributed by atoms with E-state index in [1.807, 2.05) is 18.2 Å². The minimum Gasteiger partial charge on any atom is -0.330 e. The Bertz CT molecular complexity index is 930. The fourth-order valence-corrected chi connectivity index (χ4v) is 3.57. The van der Waals surface area contributed by atoms with E-state index in [2.05, 4.69) is 51.4 Å². The summed E-state index contributed by atoms with van der Waals surface area (Å²) in [5.41, 5.74) is 10.0. The number of rotatable bonds is 4. The Hall–Kier alpha value is -2.44. The zero-order valence-corrected chi connectivity index (χ0v) is 14.8. The second-order valence-corrected chi connectivity index (χ2v) is 6.70. The molecule has 0 spiro atoms. The Morgan fingerprint density at radius 3 is 2.72 bits per heavy atom. The molecule has 2 N–H and O–H groups in total. The number of hydrogen-bond acceptors (Lipinski definition) is 5. The molecule has 25 heavy (non-hydrogen) atoms. The lowest BCUT2D eigenvalue weighted by Crippen LogP contribution is -2.12. The predicted molar refractivity (Wildman–Crippen MR) is 102 cm³/mol. The molecule has 5 nitrogen and oxygen atoms in total. The first-order valence-electron chi connectivity index (χ1n) is 8.23. The molecular weight excluding hydrogens is 330 g/mol. The molecule has 3 aromatic rings. The summed E-state index contributed by atoms with van der Waals surface area (Å²) < 4.78 is 2.12. The molecule has 0 radical (unpaired) electrons. The summed E-state index contributed by atoms with van der Waals surface area (Å²) in [6.45, 7) is 1.05. The van der Waals surface area contributed by atoms with Crippen LogP contribution in [0.2, 0.25) is 0 Å². The van der Waals surface area contributed by atoms with Gasteiger partial charge in [-0.05, 0) is 31.0 Å². The summed E-state index contributed by atoms with van der Waals surface area (Å²) in [6, 6.07) is 16.8. The van der Waals surface area contributed by atoms with E-state index in [1.54, 1.807) is 11.8 Å². The Morgan fingerprint density at radius 1 is 1.12 bits per heavy atom. The van der Waals surface area contributed by atoms with Crippen molar-refractivity contribution in [3.05, 3.63) is 71.3 Å². The molecule has 0 amide bonds. The van der Waals surface area contributed by atoms with E-state index in [0.717, 1.165) is 34.2 Å². The van der Waals surface area contributed by atoms with Crippen molar-refractivity contribution in [1.29, 1.82) is 0 Å². The molecule has 1 aliphatic heterocycles. The van der Waals surface area contributed by atoms with E-state index in [4.69, 9.17) is 10.7 Å². The Kier molecular flexibility index (Phi) is 4.38. The van der Waals surface area contributed by atoms with Crippen LogP contribution in [-0.4, -0.2) is 33.3 Å². The molecule has 1 aliphatic rings. The van der Waals surface area contributed by atoms with E-state index in [9.17, 15) is 0 Å². The zero-order chi connectivity index (χ0) is 17.2. The zero-order valence-electron chi connectivity index (χ0n) is 14.0. The maximum absolute atomic E-state index is 5.76. The standard InChI is InChI=1S/C19H19N5S/c1-25-14-7-8-16-15(11-14)19(13-5-3-2-4-6-13)21-12-18-23-22-17(9-10-20)24(16)18/h2-8,11H,9-10,12,20H2,1H3. The molecule has 2 heterocycles. The van der Waals surface area contributed by atoms with Crippen LogP contribution >= 0.6 is 11.8 Å². The van der Waals surface area contributed by atoms with E-state index in [0.29, 0.717) is 19.5 Å². The SMILES string of the molecule is CSc1ccc2c(c1)C(c1ccccc1)=NCc1nnc(CCN)n1-2. The van der Waals surface area contributed by atoms with Crippen LogP contribution in [0.4, 0.5) is 0 Å². The van der Waals surface area contributed by atoms with Gasteiger partial charge in [-0.15, -0.1) is 22.0 Å². The average Bonchev–Trinajstić information content (AvgIpc) is 2.97. The van der Waals surface area contributed by atoms with Crippen molar-refractivity contribution in [1.82, 2.24) is 14.8 Å². The first-order valence-corrected chi connectivity index (χ1v) is 9.46. The first kappa shape index (κ1) is 16.1. The van der Waals surface area contributed by atoms with Crippen molar-refractivity contribution in [2.24, 2.45) is 10.7 Å². The fraction of sp³-hybridized carbons (Fsp3) is 0.211. The van der Waals surface area contributed by atoms with Gasteiger partial charge in [0, 0.05) is 22.4 Å². The van der Waals surface area contributed by atoms with Gasteiger partial charge in [-0.1, -0.05) is 30.3 Å². The smallest absolute Gasteiger partial charge is 0.159 e. The van der Waals surface area contributed by atoms with E-state index in [1.165, 1.54) is 4.90 Å². The quantitative estimate of drug-likeness (QED) is 0.736. The van der Waals surface area contributed by atoms with Crippen LogP contribution in [0.5, 0.6) is 0 Å². The van der Waals surface area contributed by atoms with Crippen LogP contribution in [0.25, 0.3) is 5.69 Å². The number of nitrogens with two attached hydrogens (primary N) is 1. The Morgan fingerprint density at radius 2 is 1.96 bits per heavy atom. The predicted octanol–water partition coefficient (Wildman–Crippen LogP) is 2.84. The molecular formula is C19H19N5S. The van der Waals surface area contributed by atoms with Crippen molar-refractivity contribution < 1.29 is 0 Å². The highest BCUT2D eigenvalue weighted by Crippen LogP contribution is 2.29. The lowest BCUT2D eigenvalue weighted by Gasteiger charge is -2.14. The summed E-state index contributed by atoms with van der Waals surface area (Å²) in [6.07, 6.45) is 2.78. The van der Waals surface area contributed by atoms with Crippen LogP contribution in [0.3, 0.4) is 0 Å². The number of nitrogens with zero attached hydrogens (tertiary/aromatic N) is 4. The Labute approximate surface area is 151 Å². The monoisotopic (exact) mass is 349 g/mol. The number of benzene rings is 2. The fourth-order valence-electron chi connectivity index (χ4n) is 3.13. The van der Waals surface area contributed by atoms with Gasteiger partial charge in [0.05, 0.1) is 11.4 Å². The highest BCUT2D eigenvalue weighted by atomic mass is 32.2. The number of hydrogen-bond donors (Lipinski definition) is 1. The molecule has 0 fully saturated rings. The highest BCUT2D eigenvalue weighted by Gasteiger charge is 2.22. The molecule has 0 saturated carbocycles. The van der Waals surface area contributed by atoms with Gasteiger partial charge in [0.15, 0.2) is 5.82 Å². The van der Waals surface area contributed by atoms with E-state index in [-0.39, 0.29) is 0 Å². The van der Waals surface area contributed by atoms with Gasteiger partial charge in [-0.2, -0.15) is 0 Å². The van der Waals surface area contributed by atoms with E-state index < -0.39 is 0 Å². The normalized spacial score (nSPS) is 13.0. The number of fused-ring (bicyclic) bond motifs is 3. The van der Waals surface area contributed by atoms with Crippen molar-refractivity contribution in [2.45, 2.75) is 17.9 Å². The van der Waals surface area contributed by atoms with E-state index >= 15 is 0 Å². The molecule has 2 aromatic carbocycles. The van der Waals surface area contributed by atoms with Crippen molar-refractivity contribution in [2.75, 3.05) is 12.8 Å². The minimum absolute atomic E-state index is 0.505. The minimum atomic E-state index is 0.505. The lowest BCUT2D eigenvalue weighted by molar-refractivity contribution is 0.810. The highest BCUT2D eigenvalue weighted by molar-refractivity contribution is 7.98. The van der Waals surface area contributed by atoms with Gasteiger partial charge in [0.25, 0.3) is 0 Å². The topological polar surface area (TPSA) is 69.1 Å². The maximum atomic E-state index is 5.76. The molecule has 4 rings (SSSR count). The van der Waals surface area contributed by atoms with Crippen LogP contribution in [0.1, 0.15) is 22.8 Å². The summed E-state index contributed by atoms with van der Waals surface area (Å²) in [4.78, 5) is 6.09. The van der Waals surface area contributed by atoms with Gasteiger partial charge >= 0.3 is 0 Å². The third-order valence-electron chi connectivity index (χ3n) is 4.29. The molecule has 126 valence electrons. The van der Waals surface area contributed by atoms with Crippen LogP contribution in [0.15, 0.2) is 58.4 Å². The van der Waals surface area contributed by atoms with Crippen molar-refractivity contribution >= 4 is 17.5 Å². The molecule has 0 atom stereocenters. The number of aromatic nitrogens is 3. The summed E-state index contributed by atoms with van der Waals surface area (Å²) in [5.74, 6) is 1.74. The van der Waals surface area contributed by atoms with Gasteiger partial charge in [0.2, 0.25) is 0 Å². The average molecular weight is 349 g/mol. The second-order valence-electron chi connectivity index (χ2n) is 5.82. The lowest BCUT2D eigenvalue weighted by atomic mass is 10.0. The van der Waals surface area contributed by atoms with Gasteiger partial charge in [-0.3, -0.25) is 9.56 Å². The molecule has 0 bridgehead atoms. The maximum Gasteiger partial charge on any atom is 0.159 e. The van der Waals surface area contributed by atoms with Crippen molar-refractivity contribution in [3.8, 4) is 5.69 Å².